The number of nitrogen functional groups attached to an aromatic ring is 1. The van der Waals surface area contributed by atoms with Crippen LogP contribution in [0, 0.1) is 17.7 Å². The number of hydrogen-bond acceptors (Lipinski definition) is 5. The predicted octanol–water partition coefficient (Wildman–Crippen LogP) is 1.66. The second kappa shape index (κ2) is 6.26. The number of anilines is 1. The molecule has 0 radical (unpaired) electrons. The Bertz CT molecular complexity index is 964. The topological polar surface area (TPSA) is 72.9 Å². The van der Waals surface area contributed by atoms with Crippen molar-refractivity contribution in [3.8, 4) is 23.2 Å². The zero-order valence-electron chi connectivity index (χ0n) is 13.7. The van der Waals surface area contributed by atoms with Crippen molar-refractivity contribution in [2.75, 3.05) is 26.4 Å². The van der Waals surface area contributed by atoms with Crippen molar-refractivity contribution in [1.82, 2.24) is 24.4 Å². The molecule has 122 valence electrons. The van der Waals surface area contributed by atoms with Crippen LogP contribution >= 0.6 is 0 Å². The largest absolute Gasteiger partial charge is 0.382 e. The Balaban J connectivity index is 2.11. The van der Waals surface area contributed by atoms with Gasteiger partial charge in [0, 0.05) is 12.6 Å². The standard InChI is InChI=1S/C17H17FN6/c1-23(2)9-5-8-13-20-15(19)14-17(21-13)24(3)16(22-14)11-6-4-7-12(18)10-11/h4,6-7,10H,9H2,1-3H3,(H2,19,20,21). The highest BCUT2D eigenvalue weighted by Crippen LogP contribution is 2.25. The molecular weight excluding hydrogens is 307 g/mol. The van der Waals surface area contributed by atoms with Crippen LogP contribution in [-0.4, -0.2) is 45.1 Å². The Morgan fingerprint density at radius 3 is 2.75 bits per heavy atom. The van der Waals surface area contributed by atoms with Gasteiger partial charge in [0.15, 0.2) is 17.0 Å². The molecule has 0 amide bonds. The van der Waals surface area contributed by atoms with Crippen molar-refractivity contribution >= 4 is 17.0 Å². The summed E-state index contributed by atoms with van der Waals surface area (Å²) in [7, 11) is 5.66. The third-order valence-corrected chi connectivity index (χ3v) is 3.42. The van der Waals surface area contributed by atoms with E-state index in [0.717, 1.165) is 0 Å². The van der Waals surface area contributed by atoms with Gasteiger partial charge in [0.1, 0.15) is 11.6 Å². The minimum absolute atomic E-state index is 0.257. The molecular formula is C17H17FN6. The average Bonchev–Trinajstić information content (AvgIpc) is 2.85. The lowest BCUT2D eigenvalue weighted by Crippen LogP contribution is -2.11. The average molecular weight is 324 g/mol. The number of fused-ring (bicyclic) bond motifs is 1. The summed E-state index contributed by atoms with van der Waals surface area (Å²) in [5.41, 5.74) is 7.69. The summed E-state index contributed by atoms with van der Waals surface area (Å²) >= 11 is 0. The number of halogens is 1. The van der Waals surface area contributed by atoms with Crippen LogP contribution < -0.4 is 5.73 Å². The molecule has 24 heavy (non-hydrogen) atoms. The van der Waals surface area contributed by atoms with Gasteiger partial charge < -0.3 is 10.3 Å². The van der Waals surface area contributed by atoms with Gasteiger partial charge in [0.2, 0.25) is 5.82 Å². The zero-order chi connectivity index (χ0) is 17.3. The molecule has 6 nitrogen and oxygen atoms in total. The number of nitrogens with zero attached hydrogens (tertiary/aromatic N) is 5. The molecule has 0 saturated heterocycles. The number of aromatic nitrogens is 4. The molecule has 0 aliphatic rings. The van der Waals surface area contributed by atoms with Crippen LogP contribution in [0.4, 0.5) is 10.2 Å². The van der Waals surface area contributed by atoms with E-state index in [2.05, 4.69) is 26.8 Å². The van der Waals surface area contributed by atoms with E-state index in [-0.39, 0.29) is 11.6 Å². The molecule has 3 rings (SSSR count). The minimum Gasteiger partial charge on any atom is -0.382 e. The van der Waals surface area contributed by atoms with Crippen LogP contribution in [-0.2, 0) is 7.05 Å². The van der Waals surface area contributed by atoms with Gasteiger partial charge in [-0.3, -0.25) is 4.90 Å². The molecule has 0 bridgehead atoms. The Morgan fingerprint density at radius 2 is 2.04 bits per heavy atom. The predicted molar refractivity (Wildman–Crippen MR) is 91.5 cm³/mol. The zero-order valence-corrected chi connectivity index (χ0v) is 13.7. The van der Waals surface area contributed by atoms with E-state index in [4.69, 9.17) is 5.73 Å². The molecule has 0 unspecified atom stereocenters. The van der Waals surface area contributed by atoms with Crippen molar-refractivity contribution in [2.24, 2.45) is 7.05 Å². The van der Waals surface area contributed by atoms with Gasteiger partial charge in [-0.2, -0.15) is 0 Å². The molecule has 0 aliphatic heterocycles. The summed E-state index contributed by atoms with van der Waals surface area (Å²) in [6.07, 6.45) is 0. The van der Waals surface area contributed by atoms with Gasteiger partial charge in [0.05, 0.1) is 6.54 Å². The maximum Gasteiger partial charge on any atom is 0.209 e. The molecule has 7 heteroatoms. The van der Waals surface area contributed by atoms with E-state index in [1.807, 2.05) is 19.0 Å². The normalized spacial score (nSPS) is 10.9. The number of nitrogens with two attached hydrogens (primary N) is 1. The maximum atomic E-state index is 13.5. The van der Waals surface area contributed by atoms with Crippen molar-refractivity contribution in [1.29, 1.82) is 0 Å². The van der Waals surface area contributed by atoms with E-state index in [0.29, 0.717) is 34.9 Å². The third kappa shape index (κ3) is 3.05. The molecule has 1 aromatic carbocycles. The molecule has 2 aromatic heterocycles. The van der Waals surface area contributed by atoms with Crippen LogP contribution in [0.25, 0.3) is 22.6 Å². The lowest BCUT2D eigenvalue weighted by atomic mass is 10.2. The van der Waals surface area contributed by atoms with Crippen LogP contribution in [0.2, 0.25) is 0 Å². The molecule has 0 fully saturated rings. The first-order valence-electron chi connectivity index (χ1n) is 7.35. The maximum absolute atomic E-state index is 13.5. The van der Waals surface area contributed by atoms with Crippen LogP contribution in [0.5, 0.6) is 0 Å². The van der Waals surface area contributed by atoms with E-state index < -0.39 is 0 Å². The Labute approximate surface area is 139 Å². The van der Waals surface area contributed by atoms with E-state index in [9.17, 15) is 4.39 Å². The lowest BCUT2D eigenvalue weighted by Gasteiger charge is -2.02. The van der Waals surface area contributed by atoms with Gasteiger partial charge in [-0.15, -0.1) is 0 Å². The second-order valence-corrected chi connectivity index (χ2v) is 5.65. The van der Waals surface area contributed by atoms with Gasteiger partial charge in [0.25, 0.3) is 0 Å². The number of imidazole rings is 1. The fraction of sp³-hybridized carbons (Fsp3) is 0.235. The van der Waals surface area contributed by atoms with Crippen LogP contribution in [0.3, 0.4) is 0 Å². The summed E-state index contributed by atoms with van der Waals surface area (Å²) in [6.45, 7) is 0.598. The van der Waals surface area contributed by atoms with Crippen molar-refractivity contribution in [3.63, 3.8) is 0 Å². The summed E-state index contributed by atoms with van der Waals surface area (Å²) in [6, 6.07) is 6.23. The molecule has 2 N–H and O–H groups in total. The number of aryl methyl sites for hydroxylation is 1. The van der Waals surface area contributed by atoms with Crippen LogP contribution in [0.1, 0.15) is 5.82 Å². The Kier molecular flexibility index (Phi) is 4.15. The quantitative estimate of drug-likeness (QED) is 0.726. The van der Waals surface area contributed by atoms with E-state index in [1.165, 1.54) is 12.1 Å². The van der Waals surface area contributed by atoms with Crippen molar-refractivity contribution in [2.45, 2.75) is 0 Å². The Morgan fingerprint density at radius 1 is 1.25 bits per heavy atom. The molecule has 2 heterocycles. The van der Waals surface area contributed by atoms with Crippen LogP contribution in [0.15, 0.2) is 24.3 Å². The van der Waals surface area contributed by atoms with E-state index >= 15 is 0 Å². The highest BCUT2D eigenvalue weighted by Gasteiger charge is 2.15. The molecule has 0 aliphatic carbocycles. The second-order valence-electron chi connectivity index (χ2n) is 5.65. The van der Waals surface area contributed by atoms with Crippen molar-refractivity contribution in [3.05, 3.63) is 35.9 Å². The first-order chi connectivity index (χ1) is 11.5. The van der Waals surface area contributed by atoms with Gasteiger partial charge in [-0.05, 0) is 32.1 Å². The molecule has 0 atom stereocenters. The number of benzene rings is 1. The highest BCUT2D eigenvalue weighted by atomic mass is 19.1. The fourth-order valence-electron chi connectivity index (χ4n) is 2.30. The smallest absolute Gasteiger partial charge is 0.209 e. The van der Waals surface area contributed by atoms with Crippen molar-refractivity contribution < 1.29 is 4.39 Å². The summed E-state index contributed by atoms with van der Waals surface area (Å²) < 4.78 is 15.2. The summed E-state index contributed by atoms with van der Waals surface area (Å²) in [4.78, 5) is 15.0. The number of hydrogen-bond donors (Lipinski definition) is 1. The van der Waals surface area contributed by atoms with Gasteiger partial charge in [-0.25, -0.2) is 19.3 Å². The number of rotatable bonds is 2. The highest BCUT2D eigenvalue weighted by molar-refractivity contribution is 5.85. The first-order valence-corrected chi connectivity index (χ1v) is 7.35. The van der Waals surface area contributed by atoms with Gasteiger partial charge >= 0.3 is 0 Å². The van der Waals surface area contributed by atoms with Gasteiger partial charge in [-0.1, -0.05) is 18.1 Å². The molecule has 0 spiro atoms. The summed E-state index contributed by atoms with van der Waals surface area (Å²) in [5, 5.41) is 0. The van der Waals surface area contributed by atoms with E-state index in [1.54, 1.807) is 23.7 Å². The third-order valence-electron chi connectivity index (χ3n) is 3.42. The fourth-order valence-corrected chi connectivity index (χ4v) is 2.30. The summed E-state index contributed by atoms with van der Waals surface area (Å²) in [5.74, 6) is 6.72. The first kappa shape index (κ1) is 15.9. The Hall–Kier alpha value is -2.98. The molecule has 3 aromatic rings. The molecule has 0 saturated carbocycles. The monoisotopic (exact) mass is 324 g/mol. The lowest BCUT2D eigenvalue weighted by molar-refractivity contribution is 0.464. The minimum atomic E-state index is -0.325. The SMILES string of the molecule is CN(C)CC#Cc1nc(N)c2nc(-c3cccc(F)c3)n(C)c2n1.